The fourth-order valence-electron chi connectivity index (χ4n) is 2.29. The molecule has 0 aliphatic heterocycles. The first-order chi connectivity index (χ1) is 11.3. The van der Waals surface area contributed by atoms with Crippen LogP contribution in [0.3, 0.4) is 0 Å². The lowest BCUT2D eigenvalue weighted by molar-refractivity contribution is 0.416. The molecule has 0 bridgehead atoms. The summed E-state index contributed by atoms with van der Waals surface area (Å²) in [7, 11) is -2.78. The molecule has 0 atom stereocenters. The van der Waals surface area contributed by atoms with Crippen molar-refractivity contribution < 1.29 is 17.7 Å². The van der Waals surface area contributed by atoms with Gasteiger partial charge in [-0.25, -0.2) is 9.97 Å². The quantitative estimate of drug-likeness (QED) is 0.634. The maximum atomic E-state index is 11.3. The summed E-state index contributed by atoms with van der Waals surface area (Å²) in [5.41, 5.74) is 1.54. The molecule has 1 aromatic heterocycles. The SMILES string of the molecule is COc1cc(Br)c(Cl)cc1-c1ncnc2cc(S(=O)(=O)O)ccc12. The van der Waals surface area contributed by atoms with Crippen LogP contribution in [0.25, 0.3) is 22.2 Å². The Morgan fingerprint density at radius 1 is 1.21 bits per heavy atom. The second kappa shape index (κ2) is 6.29. The maximum Gasteiger partial charge on any atom is 0.294 e. The minimum atomic E-state index is -4.31. The highest BCUT2D eigenvalue weighted by molar-refractivity contribution is 9.10. The minimum Gasteiger partial charge on any atom is -0.496 e. The second-order valence-electron chi connectivity index (χ2n) is 4.84. The Kier molecular flexibility index (Phi) is 4.48. The van der Waals surface area contributed by atoms with Gasteiger partial charge in [0.1, 0.15) is 12.1 Å². The molecule has 3 aromatic rings. The van der Waals surface area contributed by atoms with Crippen molar-refractivity contribution in [1.29, 1.82) is 0 Å². The normalized spacial score (nSPS) is 11.7. The van der Waals surface area contributed by atoms with Gasteiger partial charge in [-0.2, -0.15) is 8.42 Å². The van der Waals surface area contributed by atoms with Gasteiger partial charge in [-0.1, -0.05) is 11.6 Å². The zero-order valence-electron chi connectivity index (χ0n) is 12.2. The average Bonchev–Trinajstić information content (AvgIpc) is 2.55. The molecule has 0 aliphatic carbocycles. The number of rotatable bonds is 3. The summed E-state index contributed by atoms with van der Waals surface area (Å²) in [4.78, 5) is 8.10. The largest absolute Gasteiger partial charge is 0.496 e. The van der Waals surface area contributed by atoms with E-state index in [0.717, 1.165) is 0 Å². The third kappa shape index (κ3) is 3.10. The van der Waals surface area contributed by atoms with Crippen molar-refractivity contribution in [1.82, 2.24) is 9.97 Å². The smallest absolute Gasteiger partial charge is 0.294 e. The van der Waals surface area contributed by atoms with Gasteiger partial charge in [0.15, 0.2) is 0 Å². The van der Waals surface area contributed by atoms with Crippen molar-refractivity contribution in [2.24, 2.45) is 0 Å². The first kappa shape index (κ1) is 17.1. The summed E-state index contributed by atoms with van der Waals surface area (Å²) in [6, 6.07) is 7.52. The van der Waals surface area contributed by atoms with E-state index in [2.05, 4.69) is 25.9 Å². The highest BCUT2D eigenvalue weighted by Gasteiger charge is 2.16. The molecule has 0 fully saturated rings. The Bertz CT molecular complexity index is 1060. The Hall–Kier alpha value is -1.74. The number of aromatic nitrogens is 2. The van der Waals surface area contributed by atoms with Crippen LogP contribution < -0.4 is 4.74 Å². The number of hydrogen-bond acceptors (Lipinski definition) is 5. The minimum absolute atomic E-state index is 0.236. The van der Waals surface area contributed by atoms with Crippen molar-refractivity contribution >= 4 is 48.6 Å². The predicted octanol–water partition coefficient (Wildman–Crippen LogP) is 3.97. The third-order valence-corrected chi connectivity index (χ3v) is 5.45. The standard InChI is InChI=1S/C15H10BrClN2O4S/c1-23-14-6-11(16)12(17)5-10(14)15-9-3-2-8(24(20,21)22)4-13(9)18-7-19-15/h2-7H,1H3,(H,20,21,22). The lowest BCUT2D eigenvalue weighted by Crippen LogP contribution is -1.99. The molecule has 9 heteroatoms. The lowest BCUT2D eigenvalue weighted by Gasteiger charge is -2.12. The van der Waals surface area contributed by atoms with Gasteiger partial charge in [-0.15, -0.1) is 0 Å². The Labute approximate surface area is 151 Å². The molecule has 0 radical (unpaired) electrons. The molecule has 0 spiro atoms. The molecule has 0 unspecified atom stereocenters. The van der Waals surface area contributed by atoms with E-state index in [-0.39, 0.29) is 4.90 Å². The van der Waals surface area contributed by atoms with Gasteiger partial charge in [0.25, 0.3) is 10.1 Å². The number of hydrogen-bond donors (Lipinski definition) is 1. The van der Waals surface area contributed by atoms with Crippen molar-refractivity contribution in [2.75, 3.05) is 7.11 Å². The first-order valence-corrected chi connectivity index (χ1v) is 9.18. The van der Waals surface area contributed by atoms with Crippen LogP contribution in [0.2, 0.25) is 5.02 Å². The summed E-state index contributed by atoms with van der Waals surface area (Å²) in [5.74, 6) is 0.546. The third-order valence-electron chi connectivity index (χ3n) is 3.40. The summed E-state index contributed by atoms with van der Waals surface area (Å²) in [5, 5.41) is 1.08. The van der Waals surface area contributed by atoms with E-state index in [1.54, 1.807) is 12.1 Å². The number of ether oxygens (including phenoxy) is 1. The molecule has 124 valence electrons. The number of benzene rings is 2. The van der Waals surface area contributed by atoms with Crippen LogP contribution in [-0.2, 0) is 10.1 Å². The Morgan fingerprint density at radius 2 is 1.96 bits per heavy atom. The molecule has 0 saturated heterocycles. The van der Waals surface area contributed by atoms with E-state index in [9.17, 15) is 13.0 Å². The van der Waals surface area contributed by atoms with E-state index in [4.69, 9.17) is 16.3 Å². The molecule has 3 rings (SSSR count). The number of fused-ring (bicyclic) bond motifs is 1. The molecule has 0 aliphatic rings. The van der Waals surface area contributed by atoms with Crippen LogP contribution in [0.5, 0.6) is 5.75 Å². The average molecular weight is 430 g/mol. The number of methoxy groups -OCH3 is 1. The molecule has 2 aromatic carbocycles. The molecule has 0 saturated carbocycles. The van der Waals surface area contributed by atoms with Gasteiger partial charge in [0.2, 0.25) is 0 Å². The molecule has 1 heterocycles. The van der Waals surface area contributed by atoms with Gasteiger partial charge in [-0.05, 0) is 46.3 Å². The number of halogens is 2. The monoisotopic (exact) mass is 428 g/mol. The van der Waals surface area contributed by atoms with E-state index in [1.807, 2.05) is 0 Å². The molecular weight excluding hydrogens is 420 g/mol. The van der Waals surface area contributed by atoms with E-state index < -0.39 is 10.1 Å². The van der Waals surface area contributed by atoms with Crippen LogP contribution in [0.15, 0.2) is 46.0 Å². The van der Waals surface area contributed by atoms with Gasteiger partial charge < -0.3 is 4.74 Å². The summed E-state index contributed by atoms with van der Waals surface area (Å²) in [6.07, 6.45) is 1.31. The number of nitrogens with zero attached hydrogens (tertiary/aromatic N) is 2. The summed E-state index contributed by atoms with van der Waals surface area (Å²) in [6.45, 7) is 0. The van der Waals surface area contributed by atoms with Crippen LogP contribution in [-0.4, -0.2) is 30.0 Å². The molecular formula is C15H10BrClN2O4S. The Balaban J connectivity index is 2.30. The van der Waals surface area contributed by atoms with Gasteiger partial charge in [-0.3, -0.25) is 4.55 Å². The highest BCUT2D eigenvalue weighted by atomic mass is 79.9. The van der Waals surface area contributed by atoms with Crippen molar-refractivity contribution in [3.05, 3.63) is 46.2 Å². The van der Waals surface area contributed by atoms with Crippen molar-refractivity contribution in [3.8, 4) is 17.0 Å². The fourth-order valence-corrected chi connectivity index (χ4v) is 3.28. The summed E-state index contributed by atoms with van der Waals surface area (Å²) < 4.78 is 37.8. The zero-order valence-corrected chi connectivity index (χ0v) is 15.4. The zero-order chi connectivity index (χ0) is 17.5. The van der Waals surface area contributed by atoms with Crippen molar-refractivity contribution in [2.45, 2.75) is 4.90 Å². The van der Waals surface area contributed by atoms with Crippen LogP contribution in [0, 0.1) is 0 Å². The molecule has 6 nitrogen and oxygen atoms in total. The van der Waals surface area contributed by atoms with E-state index >= 15 is 0 Å². The van der Waals surface area contributed by atoms with Crippen LogP contribution in [0.1, 0.15) is 0 Å². The van der Waals surface area contributed by atoms with Gasteiger partial charge in [0.05, 0.1) is 28.2 Å². The van der Waals surface area contributed by atoms with Gasteiger partial charge in [0, 0.05) is 15.4 Å². The van der Waals surface area contributed by atoms with Crippen LogP contribution >= 0.6 is 27.5 Å². The molecule has 0 amide bonds. The summed E-state index contributed by atoms with van der Waals surface area (Å²) >= 11 is 9.51. The van der Waals surface area contributed by atoms with Crippen LogP contribution in [0.4, 0.5) is 0 Å². The van der Waals surface area contributed by atoms with E-state index in [0.29, 0.717) is 37.4 Å². The predicted molar refractivity (Wildman–Crippen MR) is 94.1 cm³/mol. The molecule has 1 N–H and O–H groups in total. The second-order valence-corrected chi connectivity index (χ2v) is 7.53. The van der Waals surface area contributed by atoms with Crippen molar-refractivity contribution in [3.63, 3.8) is 0 Å². The Morgan fingerprint density at radius 3 is 2.62 bits per heavy atom. The highest BCUT2D eigenvalue weighted by Crippen LogP contribution is 2.38. The molecule has 24 heavy (non-hydrogen) atoms. The lowest BCUT2D eigenvalue weighted by atomic mass is 10.1. The van der Waals surface area contributed by atoms with E-state index in [1.165, 1.54) is 31.6 Å². The topological polar surface area (TPSA) is 89.4 Å². The van der Waals surface area contributed by atoms with Gasteiger partial charge >= 0.3 is 0 Å². The fraction of sp³-hybridized carbons (Fsp3) is 0.0667. The first-order valence-electron chi connectivity index (χ1n) is 6.57. The maximum absolute atomic E-state index is 11.3.